The van der Waals surface area contributed by atoms with Crippen LogP contribution in [0.25, 0.3) is 22.2 Å². The summed E-state index contributed by atoms with van der Waals surface area (Å²) in [6.45, 7) is 3.10. The maximum atomic E-state index is 13.3. The van der Waals surface area contributed by atoms with E-state index in [0.29, 0.717) is 24.7 Å². The molecule has 5 rings (SSSR count). The zero-order valence-electron chi connectivity index (χ0n) is 17.3. The number of halogens is 1. The lowest BCUT2D eigenvalue weighted by atomic mass is 10.0. The summed E-state index contributed by atoms with van der Waals surface area (Å²) in [5, 5.41) is 12.9. The molecule has 158 valence electrons. The molecule has 1 aliphatic carbocycles. The number of nitrogens with one attached hydrogen (secondary N) is 1. The van der Waals surface area contributed by atoms with Crippen LogP contribution >= 0.6 is 0 Å². The van der Waals surface area contributed by atoms with Crippen molar-refractivity contribution in [2.75, 3.05) is 6.54 Å². The predicted octanol–water partition coefficient (Wildman–Crippen LogP) is 3.44. The third-order valence-corrected chi connectivity index (χ3v) is 5.58. The van der Waals surface area contributed by atoms with E-state index in [-0.39, 0.29) is 18.3 Å². The van der Waals surface area contributed by atoms with Crippen molar-refractivity contribution in [2.45, 2.75) is 38.8 Å². The van der Waals surface area contributed by atoms with E-state index < -0.39 is 0 Å². The van der Waals surface area contributed by atoms with E-state index in [0.717, 1.165) is 27.9 Å². The van der Waals surface area contributed by atoms with Gasteiger partial charge in [-0.2, -0.15) is 10.2 Å². The van der Waals surface area contributed by atoms with E-state index >= 15 is 0 Å². The van der Waals surface area contributed by atoms with Gasteiger partial charge in [-0.15, -0.1) is 0 Å². The van der Waals surface area contributed by atoms with Crippen molar-refractivity contribution in [3.63, 3.8) is 0 Å². The van der Waals surface area contributed by atoms with E-state index in [4.69, 9.17) is 0 Å². The quantitative estimate of drug-likeness (QED) is 0.499. The van der Waals surface area contributed by atoms with Crippen LogP contribution in [-0.2, 0) is 17.9 Å². The average Bonchev–Trinajstić information content (AvgIpc) is 3.43. The summed E-state index contributed by atoms with van der Waals surface area (Å²) in [5.74, 6) is 0.212. The summed E-state index contributed by atoms with van der Waals surface area (Å²) < 4.78 is 16.8. The van der Waals surface area contributed by atoms with Gasteiger partial charge in [0.1, 0.15) is 12.4 Å². The SMILES string of the molecule is Cc1nn(CC(=O)NCCn2ccc(C3CC3)n2)c2nccc(-c3ccc(F)cc3)c12. The van der Waals surface area contributed by atoms with E-state index in [2.05, 4.69) is 26.6 Å². The average molecular weight is 418 g/mol. The fourth-order valence-electron chi connectivity index (χ4n) is 3.86. The fraction of sp³-hybridized carbons (Fsp3) is 0.304. The van der Waals surface area contributed by atoms with E-state index in [1.807, 2.05) is 23.9 Å². The standard InChI is InChI=1S/C23H23FN6O/c1-15-22-19(16-4-6-18(24)7-5-16)8-10-26-23(22)30(27-15)14-21(31)25-11-13-29-12-9-20(28-29)17-2-3-17/h4-10,12,17H,2-3,11,13-14H2,1H3,(H,25,31). The molecule has 1 saturated carbocycles. The lowest BCUT2D eigenvalue weighted by Crippen LogP contribution is -2.31. The van der Waals surface area contributed by atoms with Crippen LogP contribution < -0.4 is 5.32 Å². The van der Waals surface area contributed by atoms with Crippen molar-refractivity contribution < 1.29 is 9.18 Å². The molecule has 8 heteroatoms. The van der Waals surface area contributed by atoms with Gasteiger partial charge in [-0.3, -0.25) is 9.48 Å². The highest BCUT2D eigenvalue weighted by Crippen LogP contribution is 2.38. The highest BCUT2D eigenvalue weighted by atomic mass is 19.1. The van der Waals surface area contributed by atoms with E-state index in [1.165, 1.54) is 25.0 Å². The molecule has 0 aliphatic heterocycles. The smallest absolute Gasteiger partial charge is 0.241 e. The Morgan fingerprint density at radius 3 is 2.74 bits per heavy atom. The van der Waals surface area contributed by atoms with Gasteiger partial charge in [0.25, 0.3) is 0 Å². The number of benzene rings is 1. The maximum Gasteiger partial charge on any atom is 0.241 e. The summed E-state index contributed by atoms with van der Waals surface area (Å²) in [7, 11) is 0. The molecule has 1 N–H and O–H groups in total. The van der Waals surface area contributed by atoms with Gasteiger partial charge in [-0.25, -0.2) is 14.1 Å². The van der Waals surface area contributed by atoms with Gasteiger partial charge in [-0.1, -0.05) is 12.1 Å². The second kappa shape index (κ2) is 7.94. The molecule has 1 fully saturated rings. The molecule has 0 radical (unpaired) electrons. The van der Waals surface area contributed by atoms with Gasteiger partial charge < -0.3 is 5.32 Å². The largest absolute Gasteiger partial charge is 0.353 e. The van der Waals surface area contributed by atoms with Gasteiger partial charge in [0.2, 0.25) is 5.91 Å². The maximum absolute atomic E-state index is 13.3. The summed E-state index contributed by atoms with van der Waals surface area (Å²) in [4.78, 5) is 16.9. The number of fused-ring (bicyclic) bond motifs is 1. The molecule has 3 heterocycles. The molecule has 0 unspecified atom stereocenters. The Bertz CT molecular complexity index is 1240. The van der Waals surface area contributed by atoms with Crippen molar-refractivity contribution in [3.8, 4) is 11.1 Å². The van der Waals surface area contributed by atoms with Crippen LogP contribution in [0.4, 0.5) is 4.39 Å². The number of aryl methyl sites for hydroxylation is 1. The zero-order valence-corrected chi connectivity index (χ0v) is 17.3. The van der Waals surface area contributed by atoms with Crippen LogP contribution in [0.3, 0.4) is 0 Å². The molecule has 1 amide bonds. The monoisotopic (exact) mass is 418 g/mol. The molecule has 0 atom stereocenters. The molecule has 31 heavy (non-hydrogen) atoms. The van der Waals surface area contributed by atoms with Gasteiger partial charge in [0.05, 0.1) is 17.9 Å². The molecule has 3 aromatic heterocycles. The number of rotatable bonds is 7. The van der Waals surface area contributed by atoms with E-state index in [9.17, 15) is 9.18 Å². The number of aromatic nitrogens is 5. The first-order valence-corrected chi connectivity index (χ1v) is 10.5. The van der Waals surface area contributed by atoms with Crippen LogP contribution in [0.1, 0.15) is 30.1 Å². The normalized spacial score (nSPS) is 13.6. The highest BCUT2D eigenvalue weighted by Gasteiger charge is 2.25. The second-order valence-electron chi connectivity index (χ2n) is 7.93. The number of pyridine rings is 1. The fourth-order valence-corrected chi connectivity index (χ4v) is 3.86. The number of hydrogen-bond donors (Lipinski definition) is 1. The first-order valence-electron chi connectivity index (χ1n) is 10.5. The third-order valence-electron chi connectivity index (χ3n) is 5.58. The topological polar surface area (TPSA) is 77.6 Å². The number of carbonyl (C=O) groups excluding carboxylic acids is 1. The zero-order chi connectivity index (χ0) is 21.4. The molecule has 4 aromatic rings. The Morgan fingerprint density at radius 1 is 1.16 bits per heavy atom. The first kappa shape index (κ1) is 19.4. The summed E-state index contributed by atoms with van der Waals surface area (Å²) >= 11 is 0. The minimum Gasteiger partial charge on any atom is -0.353 e. The predicted molar refractivity (Wildman–Crippen MR) is 115 cm³/mol. The van der Waals surface area contributed by atoms with Crippen molar-refractivity contribution in [1.29, 1.82) is 0 Å². The molecular formula is C23H23FN6O. The number of nitrogens with zero attached hydrogens (tertiary/aromatic N) is 5. The number of carbonyl (C=O) groups is 1. The summed E-state index contributed by atoms with van der Waals surface area (Å²) in [6, 6.07) is 10.3. The molecule has 0 bridgehead atoms. The summed E-state index contributed by atoms with van der Waals surface area (Å²) in [6.07, 6.45) is 6.10. The van der Waals surface area contributed by atoms with Crippen molar-refractivity contribution in [1.82, 2.24) is 29.9 Å². The lowest BCUT2D eigenvalue weighted by molar-refractivity contribution is -0.121. The molecular weight excluding hydrogens is 395 g/mol. The van der Waals surface area contributed by atoms with Crippen molar-refractivity contribution in [3.05, 3.63) is 66.0 Å². The third kappa shape index (κ3) is 4.05. The lowest BCUT2D eigenvalue weighted by Gasteiger charge is -2.07. The van der Waals surface area contributed by atoms with E-state index in [1.54, 1.807) is 23.0 Å². The highest BCUT2D eigenvalue weighted by molar-refractivity contribution is 5.95. The van der Waals surface area contributed by atoms with Crippen LogP contribution in [0.5, 0.6) is 0 Å². The van der Waals surface area contributed by atoms with Crippen LogP contribution in [-0.4, -0.2) is 37.0 Å². The molecule has 0 saturated heterocycles. The van der Waals surface area contributed by atoms with Crippen LogP contribution in [0.15, 0.2) is 48.8 Å². The van der Waals surface area contributed by atoms with Crippen LogP contribution in [0.2, 0.25) is 0 Å². The minimum atomic E-state index is -0.281. The molecule has 1 aliphatic rings. The molecule has 0 spiro atoms. The van der Waals surface area contributed by atoms with Gasteiger partial charge >= 0.3 is 0 Å². The number of hydrogen-bond acceptors (Lipinski definition) is 4. The first-order chi connectivity index (χ1) is 15.1. The Hall–Kier alpha value is -3.55. The van der Waals surface area contributed by atoms with Crippen LogP contribution in [0, 0.1) is 12.7 Å². The number of amides is 1. The Labute approximate surface area is 178 Å². The Kier molecular flexibility index (Phi) is 4.97. The Morgan fingerprint density at radius 2 is 1.97 bits per heavy atom. The Balaban J connectivity index is 1.28. The van der Waals surface area contributed by atoms with Crippen molar-refractivity contribution >= 4 is 16.9 Å². The van der Waals surface area contributed by atoms with Gasteiger partial charge in [0.15, 0.2) is 5.65 Å². The molecule has 7 nitrogen and oxygen atoms in total. The van der Waals surface area contributed by atoms with Gasteiger partial charge in [-0.05, 0) is 55.2 Å². The minimum absolute atomic E-state index is 0.0800. The second-order valence-corrected chi connectivity index (χ2v) is 7.93. The van der Waals surface area contributed by atoms with Crippen molar-refractivity contribution in [2.24, 2.45) is 0 Å². The molecule has 1 aromatic carbocycles. The van der Waals surface area contributed by atoms with Gasteiger partial charge in [0, 0.05) is 30.2 Å². The summed E-state index contributed by atoms with van der Waals surface area (Å²) in [5.41, 5.74) is 4.35.